The summed E-state index contributed by atoms with van der Waals surface area (Å²) in [6.45, 7) is 1.87. The highest BCUT2D eigenvalue weighted by atomic mass is 32.2. The van der Waals surface area contributed by atoms with E-state index in [1.165, 1.54) is 23.4 Å². The number of rotatable bonds is 4. The lowest BCUT2D eigenvalue weighted by Gasteiger charge is -2.30. The van der Waals surface area contributed by atoms with Crippen LogP contribution in [0.5, 0.6) is 0 Å². The number of hydrogen-bond donors (Lipinski definition) is 1. The van der Waals surface area contributed by atoms with E-state index in [0.717, 1.165) is 25.7 Å². The first kappa shape index (κ1) is 14.8. The predicted molar refractivity (Wildman–Crippen MR) is 74.1 cm³/mol. The van der Waals surface area contributed by atoms with E-state index in [4.69, 9.17) is 0 Å². The molecule has 0 unspecified atom stereocenters. The number of sulfonamides is 1. The Morgan fingerprint density at radius 1 is 1.16 bits per heavy atom. The van der Waals surface area contributed by atoms with Crippen molar-refractivity contribution in [1.29, 1.82) is 0 Å². The summed E-state index contributed by atoms with van der Waals surface area (Å²) >= 11 is 0. The van der Waals surface area contributed by atoms with Gasteiger partial charge in [-0.3, -0.25) is 4.79 Å². The second-order valence-electron chi connectivity index (χ2n) is 5.83. The zero-order chi connectivity index (χ0) is 13.9. The van der Waals surface area contributed by atoms with Crippen LogP contribution in [0.2, 0.25) is 0 Å². The fourth-order valence-electron chi connectivity index (χ4n) is 3.02. The van der Waals surface area contributed by atoms with Gasteiger partial charge in [0, 0.05) is 25.6 Å². The molecule has 0 spiro atoms. The van der Waals surface area contributed by atoms with Crippen LogP contribution in [-0.2, 0) is 14.8 Å². The molecule has 1 saturated carbocycles. The standard InChI is InChI=1S/C13H24N2O3S/c1-19(17,18)15-8-6-11(7-9-15)10-14-13(16)12-4-2-3-5-12/h11-12H,2-10H2,1H3,(H,14,16). The van der Waals surface area contributed by atoms with Crippen LogP contribution in [0, 0.1) is 11.8 Å². The van der Waals surface area contributed by atoms with Crippen LogP contribution in [-0.4, -0.2) is 44.5 Å². The van der Waals surface area contributed by atoms with Gasteiger partial charge in [-0.1, -0.05) is 12.8 Å². The summed E-state index contributed by atoms with van der Waals surface area (Å²) < 4.78 is 24.3. The molecule has 0 aromatic heterocycles. The van der Waals surface area contributed by atoms with Gasteiger partial charge in [0.1, 0.15) is 0 Å². The van der Waals surface area contributed by atoms with Gasteiger partial charge >= 0.3 is 0 Å². The van der Waals surface area contributed by atoms with Gasteiger partial charge in [0.25, 0.3) is 0 Å². The summed E-state index contributed by atoms with van der Waals surface area (Å²) in [4.78, 5) is 11.9. The maximum atomic E-state index is 11.9. The highest BCUT2D eigenvalue weighted by Crippen LogP contribution is 2.25. The molecule has 0 atom stereocenters. The Morgan fingerprint density at radius 3 is 2.26 bits per heavy atom. The van der Waals surface area contributed by atoms with Gasteiger partial charge in [0.15, 0.2) is 0 Å². The van der Waals surface area contributed by atoms with E-state index in [0.29, 0.717) is 25.6 Å². The molecule has 1 saturated heterocycles. The molecule has 0 aromatic carbocycles. The molecule has 19 heavy (non-hydrogen) atoms. The van der Waals surface area contributed by atoms with Crippen molar-refractivity contribution in [3.05, 3.63) is 0 Å². The van der Waals surface area contributed by atoms with Crippen LogP contribution in [0.15, 0.2) is 0 Å². The number of piperidine rings is 1. The molecule has 110 valence electrons. The van der Waals surface area contributed by atoms with E-state index in [2.05, 4.69) is 5.32 Å². The van der Waals surface area contributed by atoms with Gasteiger partial charge in [-0.25, -0.2) is 12.7 Å². The van der Waals surface area contributed by atoms with E-state index in [9.17, 15) is 13.2 Å². The van der Waals surface area contributed by atoms with E-state index in [1.807, 2.05) is 0 Å². The number of carbonyl (C=O) groups is 1. The number of carbonyl (C=O) groups excluding carboxylic acids is 1. The normalized spacial score (nSPS) is 23.6. The zero-order valence-corrected chi connectivity index (χ0v) is 12.4. The second-order valence-corrected chi connectivity index (χ2v) is 7.81. The molecule has 1 aliphatic carbocycles. The van der Waals surface area contributed by atoms with Gasteiger partial charge in [-0.2, -0.15) is 0 Å². The summed E-state index contributed by atoms with van der Waals surface area (Å²) in [5.74, 6) is 0.836. The average molecular weight is 288 g/mol. The molecule has 0 aromatic rings. The average Bonchev–Trinajstić information content (AvgIpc) is 2.89. The second kappa shape index (κ2) is 6.22. The Balaban J connectivity index is 1.69. The largest absolute Gasteiger partial charge is 0.356 e. The number of nitrogens with zero attached hydrogens (tertiary/aromatic N) is 1. The lowest BCUT2D eigenvalue weighted by Crippen LogP contribution is -2.41. The van der Waals surface area contributed by atoms with Crippen molar-refractivity contribution in [2.45, 2.75) is 38.5 Å². The molecular weight excluding hydrogens is 264 g/mol. The monoisotopic (exact) mass is 288 g/mol. The Bertz CT molecular complexity index is 408. The maximum absolute atomic E-state index is 11.9. The van der Waals surface area contributed by atoms with Gasteiger partial charge in [-0.15, -0.1) is 0 Å². The van der Waals surface area contributed by atoms with Gasteiger partial charge in [0.05, 0.1) is 6.26 Å². The molecule has 0 radical (unpaired) electrons. The maximum Gasteiger partial charge on any atom is 0.223 e. The Labute approximate surface area is 115 Å². The number of hydrogen-bond acceptors (Lipinski definition) is 3. The topological polar surface area (TPSA) is 66.5 Å². The van der Waals surface area contributed by atoms with Crippen molar-refractivity contribution in [1.82, 2.24) is 9.62 Å². The number of nitrogens with one attached hydrogen (secondary N) is 1. The first-order chi connectivity index (χ1) is 8.97. The van der Waals surface area contributed by atoms with Gasteiger partial charge < -0.3 is 5.32 Å². The Hall–Kier alpha value is -0.620. The third-order valence-corrected chi connectivity index (χ3v) is 5.64. The van der Waals surface area contributed by atoms with Crippen molar-refractivity contribution in [3.8, 4) is 0 Å². The lowest BCUT2D eigenvalue weighted by atomic mass is 9.97. The molecule has 1 amide bonds. The first-order valence-corrected chi connectivity index (χ1v) is 9.04. The SMILES string of the molecule is CS(=O)(=O)N1CCC(CNC(=O)C2CCCC2)CC1. The smallest absolute Gasteiger partial charge is 0.223 e. The molecule has 1 N–H and O–H groups in total. The molecule has 2 fully saturated rings. The van der Waals surface area contributed by atoms with E-state index >= 15 is 0 Å². The summed E-state index contributed by atoms with van der Waals surface area (Å²) in [5, 5.41) is 3.04. The van der Waals surface area contributed by atoms with Crippen LogP contribution in [0.4, 0.5) is 0 Å². The number of amides is 1. The minimum atomic E-state index is -3.05. The van der Waals surface area contributed by atoms with E-state index in [-0.39, 0.29) is 11.8 Å². The third kappa shape index (κ3) is 4.18. The molecule has 1 heterocycles. The van der Waals surface area contributed by atoms with Crippen molar-refractivity contribution >= 4 is 15.9 Å². The molecule has 5 nitrogen and oxygen atoms in total. The molecule has 1 aliphatic heterocycles. The van der Waals surface area contributed by atoms with Crippen LogP contribution < -0.4 is 5.32 Å². The fourth-order valence-corrected chi connectivity index (χ4v) is 3.90. The summed E-state index contributed by atoms with van der Waals surface area (Å²) in [5.41, 5.74) is 0. The Morgan fingerprint density at radius 2 is 1.74 bits per heavy atom. The molecule has 2 aliphatic rings. The Kier molecular flexibility index (Phi) is 4.84. The third-order valence-electron chi connectivity index (χ3n) is 4.33. The van der Waals surface area contributed by atoms with Gasteiger partial charge in [-0.05, 0) is 31.6 Å². The quantitative estimate of drug-likeness (QED) is 0.838. The minimum Gasteiger partial charge on any atom is -0.356 e. The van der Waals surface area contributed by atoms with Crippen molar-refractivity contribution in [2.75, 3.05) is 25.9 Å². The highest BCUT2D eigenvalue weighted by Gasteiger charge is 2.26. The highest BCUT2D eigenvalue weighted by molar-refractivity contribution is 7.88. The lowest BCUT2D eigenvalue weighted by molar-refractivity contribution is -0.125. The first-order valence-electron chi connectivity index (χ1n) is 7.19. The fraction of sp³-hybridized carbons (Fsp3) is 0.923. The van der Waals surface area contributed by atoms with E-state index in [1.54, 1.807) is 0 Å². The van der Waals surface area contributed by atoms with Crippen LogP contribution in [0.1, 0.15) is 38.5 Å². The van der Waals surface area contributed by atoms with Crippen LogP contribution >= 0.6 is 0 Å². The summed E-state index contributed by atoms with van der Waals surface area (Å²) in [7, 11) is -3.05. The molecular formula is C13H24N2O3S. The minimum absolute atomic E-state index is 0.197. The molecule has 0 bridgehead atoms. The van der Waals surface area contributed by atoms with Crippen LogP contribution in [0.25, 0.3) is 0 Å². The predicted octanol–water partition coefficient (Wildman–Crippen LogP) is 0.964. The van der Waals surface area contributed by atoms with E-state index < -0.39 is 10.0 Å². The zero-order valence-electron chi connectivity index (χ0n) is 11.6. The van der Waals surface area contributed by atoms with Crippen molar-refractivity contribution in [3.63, 3.8) is 0 Å². The van der Waals surface area contributed by atoms with Crippen molar-refractivity contribution in [2.24, 2.45) is 11.8 Å². The molecule has 2 rings (SSSR count). The summed E-state index contributed by atoms with van der Waals surface area (Å²) in [6, 6.07) is 0. The van der Waals surface area contributed by atoms with Crippen molar-refractivity contribution < 1.29 is 13.2 Å². The van der Waals surface area contributed by atoms with Gasteiger partial charge in [0.2, 0.25) is 15.9 Å². The summed E-state index contributed by atoms with van der Waals surface area (Å²) in [6.07, 6.45) is 7.34. The molecule has 6 heteroatoms. The van der Waals surface area contributed by atoms with Crippen LogP contribution in [0.3, 0.4) is 0 Å².